The van der Waals surface area contributed by atoms with Crippen LogP contribution in [-0.4, -0.2) is 17.5 Å². The van der Waals surface area contributed by atoms with Crippen LogP contribution in [0.4, 0.5) is 0 Å². The average Bonchev–Trinajstić information content (AvgIpc) is 2.81. The SMILES string of the molecule is CC(C)c1c(CC2(O)CC2)ccc2c1OCO2. The van der Waals surface area contributed by atoms with Crippen LogP contribution in [0.1, 0.15) is 43.7 Å². The molecule has 0 saturated heterocycles. The van der Waals surface area contributed by atoms with Gasteiger partial charge in [-0.05, 0) is 30.4 Å². The summed E-state index contributed by atoms with van der Waals surface area (Å²) in [6, 6.07) is 4.02. The van der Waals surface area contributed by atoms with Gasteiger partial charge in [-0.1, -0.05) is 19.9 Å². The summed E-state index contributed by atoms with van der Waals surface area (Å²) in [6.45, 7) is 4.61. The second-order valence-corrected chi connectivity index (χ2v) is 5.43. The third-order valence-corrected chi connectivity index (χ3v) is 3.59. The van der Waals surface area contributed by atoms with E-state index >= 15 is 0 Å². The van der Waals surface area contributed by atoms with Crippen molar-refractivity contribution in [3.8, 4) is 11.5 Å². The van der Waals surface area contributed by atoms with Crippen LogP contribution in [0, 0.1) is 0 Å². The Kier molecular flexibility index (Phi) is 2.33. The first-order valence-corrected chi connectivity index (χ1v) is 6.23. The molecular weight excluding hydrogens is 216 g/mol. The van der Waals surface area contributed by atoms with Gasteiger partial charge in [0.25, 0.3) is 0 Å². The Hall–Kier alpha value is -1.22. The van der Waals surface area contributed by atoms with Crippen LogP contribution >= 0.6 is 0 Å². The molecule has 2 aliphatic rings. The number of aliphatic hydroxyl groups is 1. The van der Waals surface area contributed by atoms with Crippen LogP contribution in [0.2, 0.25) is 0 Å². The first kappa shape index (κ1) is 10.9. The highest BCUT2D eigenvalue weighted by molar-refractivity contribution is 5.54. The quantitative estimate of drug-likeness (QED) is 0.873. The lowest BCUT2D eigenvalue weighted by Gasteiger charge is -2.17. The maximum Gasteiger partial charge on any atom is 0.231 e. The van der Waals surface area contributed by atoms with Crippen molar-refractivity contribution in [3.63, 3.8) is 0 Å². The van der Waals surface area contributed by atoms with Gasteiger partial charge in [0, 0.05) is 12.0 Å². The molecule has 1 fully saturated rings. The smallest absolute Gasteiger partial charge is 0.231 e. The number of hydrogen-bond acceptors (Lipinski definition) is 3. The third-order valence-electron chi connectivity index (χ3n) is 3.59. The normalized spacial score (nSPS) is 19.8. The molecule has 3 heteroatoms. The topological polar surface area (TPSA) is 38.7 Å². The molecule has 1 saturated carbocycles. The molecule has 0 radical (unpaired) electrons. The van der Waals surface area contributed by atoms with Crippen molar-refractivity contribution in [2.75, 3.05) is 6.79 Å². The highest BCUT2D eigenvalue weighted by atomic mass is 16.7. The lowest BCUT2D eigenvalue weighted by molar-refractivity contribution is 0.150. The highest BCUT2D eigenvalue weighted by Gasteiger charge is 2.41. The Bertz CT molecular complexity index is 447. The van der Waals surface area contributed by atoms with E-state index in [1.54, 1.807) is 0 Å². The summed E-state index contributed by atoms with van der Waals surface area (Å²) in [5, 5.41) is 10.1. The molecule has 1 aromatic carbocycles. The maximum absolute atomic E-state index is 10.1. The zero-order valence-electron chi connectivity index (χ0n) is 10.3. The van der Waals surface area contributed by atoms with Crippen LogP contribution in [-0.2, 0) is 6.42 Å². The van der Waals surface area contributed by atoms with Crippen molar-refractivity contribution >= 4 is 0 Å². The average molecular weight is 234 g/mol. The molecular formula is C14H18O3. The predicted molar refractivity (Wildman–Crippen MR) is 64.5 cm³/mol. The van der Waals surface area contributed by atoms with Gasteiger partial charge < -0.3 is 14.6 Å². The van der Waals surface area contributed by atoms with E-state index in [2.05, 4.69) is 19.9 Å². The molecule has 3 rings (SSSR count). The second kappa shape index (κ2) is 3.64. The predicted octanol–water partition coefficient (Wildman–Crippen LogP) is 2.61. The van der Waals surface area contributed by atoms with Crippen molar-refractivity contribution in [3.05, 3.63) is 23.3 Å². The van der Waals surface area contributed by atoms with Crippen LogP contribution < -0.4 is 9.47 Å². The number of rotatable bonds is 3. The van der Waals surface area contributed by atoms with E-state index in [-0.39, 0.29) is 0 Å². The van der Waals surface area contributed by atoms with Gasteiger partial charge in [-0.3, -0.25) is 0 Å². The van der Waals surface area contributed by atoms with Crippen molar-refractivity contribution in [1.29, 1.82) is 0 Å². The molecule has 0 spiro atoms. The monoisotopic (exact) mass is 234 g/mol. The third kappa shape index (κ3) is 1.89. The molecule has 17 heavy (non-hydrogen) atoms. The Morgan fingerprint density at radius 2 is 2.06 bits per heavy atom. The fraction of sp³-hybridized carbons (Fsp3) is 0.571. The molecule has 1 aliphatic heterocycles. The molecule has 0 amide bonds. The zero-order valence-corrected chi connectivity index (χ0v) is 10.3. The molecule has 92 valence electrons. The summed E-state index contributed by atoms with van der Waals surface area (Å²) in [5.74, 6) is 2.09. The Morgan fingerprint density at radius 1 is 1.29 bits per heavy atom. The van der Waals surface area contributed by atoms with Crippen molar-refractivity contribution < 1.29 is 14.6 Å². The Balaban J connectivity index is 2.02. The van der Waals surface area contributed by atoms with E-state index < -0.39 is 5.60 Å². The van der Waals surface area contributed by atoms with E-state index in [0.29, 0.717) is 12.7 Å². The van der Waals surface area contributed by atoms with Crippen LogP contribution in [0.5, 0.6) is 11.5 Å². The van der Waals surface area contributed by atoms with Gasteiger partial charge in [-0.2, -0.15) is 0 Å². The van der Waals surface area contributed by atoms with E-state index in [1.807, 2.05) is 6.07 Å². The molecule has 0 unspecified atom stereocenters. The first-order chi connectivity index (χ1) is 8.09. The summed E-state index contributed by atoms with van der Waals surface area (Å²) < 4.78 is 11.0. The minimum absolute atomic E-state index is 0.308. The summed E-state index contributed by atoms with van der Waals surface area (Å²) in [4.78, 5) is 0. The van der Waals surface area contributed by atoms with Gasteiger partial charge >= 0.3 is 0 Å². The standard InChI is InChI=1S/C14H18O3/c1-9(2)12-10(7-14(15)5-6-14)3-4-11-13(12)17-8-16-11/h3-4,9,15H,5-8H2,1-2H3. The van der Waals surface area contributed by atoms with E-state index in [4.69, 9.17) is 9.47 Å². The Morgan fingerprint density at radius 3 is 2.71 bits per heavy atom. The van der Waals surface area contributed by atoms with Gasteiger partial charge in [0.05, 0.1) is 5.60 Å². The lowest BCUT2D eigenvalue weighted by Crippen LogP contribution is -2.13. The van der Waals surface area contributed by atoms with Crippen molar-refractivity contribution in [2.24, 2.45) is 0 Å². The molecule has 0 bridgehead atoms. The lowest BCUT2D eigenvalue weighted by atomic mass is 9.92. The summed E-state index contributed by atoms with van der Waals surface area (Å²) in [6.07, 6.45) is 2.56. The highest BCUT2D eigenvalue weighted by Crippen LogP contribution is 2.45. The molecule has 1 N–H and O–H groups in total. The summed E-state index contributed by atoms with van der Waals surface area (Å²) >= 11 is 0. The largest absolute Gasteiger partial charge is 0.454 e. The van der Waals surface area contributed by atoms with Gasteiger partial charge in [-0.15, -0.1) is 0 Å². The summed E-state index contributed by atoms with van der Waals surface area (Å²) in [7, 11) is 0. The fourth-order valence-corrected chi connectivity index (χ4v) is 2.50. The molecule has 0 atom stereocenters. The van der Waals surface area contributed by atoms with Crippen LogP contribution in [0.25, 0.3) is 0 Å². The summed E-state index contributed by atoms with van der Waals surface area (Å²) in [5.41, 5.74) is 1.93. The van der Waals surface area contributed by atoms with Gasteiger partial charge in [0.15, 0.2) is 11.5 Å². The molecule has 1 heterocycles. The van der Waals surface area contributed by atoms with E-state index in [0.717, 1.165) is 30.8 Å². The van der Waals surface area contributed by atoms with Gasteiger partial charge in [0.1, 0.15) is 0 Å². The number of hydrogen-bond donors (Lipinski definition) is 1. The van der Waals surface area contributed by atoms with Crippen LogP contribution in [0.3, 0.4) is 0 Å². The van der Waals surface area contributed by atoms with Gasteiger partial charge in [-0.25, -0.2) is 0 Å². The van der Waals surface area contributed by atoms with Crippen molar-refractivity contribution in [2.45, 2.75) is 44.6 Å². The Labute approximate surface area is 101 Å². The second-order valence-electron chi connectivity index (χ2n) is 5.43. The number of benzene rings is 1. The van der Waals surface area contributed by atoms with E-state index in [1.165, 1.54) is 11.1 Å². The van der Waals surface area contributed by atoms with Crippen LogP contribution in [0.15, 0.2) is 12.1 Å². The number of ether oxygens (including phenoxy) is 2. The maximum atomic E-state index is 10.1. The molecule has 1 aliphatic carbocycles. The fourth-order valence-electron chi connectivity index (χ4n) is 2.50. The zero-order chi connectivity index (χ0) is 12.0. The first-order valence-electron chi connectivity index (χ1n) is 6.23. The minimum atomic E-state index is -0.461. The van der Waals surface area contributed by atoms with Gasteiger partial charge in [0.2, 0.25) is 6.79 Å². The minimum Gasteiger partial charge on any atom is -0.454 e. The van der Waals surface area contributed by atoms with Crippen molar-refractivity contribution in [1.82, 2.24) is 0 Å². The van der Waals surface area contributed by atoms with E-state index in [9.17, 15) is 5.11 Å². The number of fused-ring (bicyclic) bond motifs is 1. The molecule has 0 aromatic heterocycles. The molecule has 1 aromatic rings. The molecule has 3 nitrogen and oxygen atoms in total.